The molecule has 5 amide bonds. The maximum absolute atomic E-state index is 14.1. The fraction of sp³-hybridized carbons (Fsp3) is 0.640. The number of nitrogens with one attached hydrogen (secondary N) is 3. The number of likely N-dealkylation sites (tertiary alicyclic amines) is 1. The number of halogens is 1. The number of nitrogens with zero attached hydrogens (tertiary/aromatic N) is 2. The molecule has 9 heteroatoms. The van der Waals surface area contributed by atoms with Gasteiger partial charge in [0.2, 0.25) is 5.91 Å². The molecule has 0 saturated carbocycles. The van der Waals surface area contributed by atoms with E-state index < -0.39 is 23.0 Å². The lowest BCUT2D eigenvalue weighted by molar-refractivity contribution is -0.134. The molecule has 8 nitrogen and oxygen atoms in total. The van der Waals surface area contributed by atoms with Crippen LogP contribution >= 0.6 is 0 Å². The van der Waals surface area contributed by atoms with Gasteiger partial charge in [0.05, 0.1) is 12.6 Å². The Balaban J connectivity index is 1.62. The molecule has 3 rings (SSSR count). The largest absolute Gasteiger partial charge is 0.338 e. The highest BCUT2D eigenvalue weighted by molar-refractivity contribution is 5.88. The van der Waals surface area contributed by atoms with Crippen molar-refractivity contribution in [3.63, 3.8) is 0 Å². The molecule has 188 valence electrons. The zero-order chi connectivity index (χ0) is 25.4. The summed E-state index contributed by atoms with van der Waals surface area (Å²) in [5.74, 6) is -0.426. The van der Waals surface area contributed by atoms with Gasteiger partial charge in [0.15, 0.2) is 0 Å². The van der Waals surface area contributed by atoms with Crippen LogP contribution in [0.4, 0.5) is 14.0 Å². The van der Waals surface area contributed by atoms with Gasteiger partial charge < -0.3 is 25.8 Å². The maximum atomic E-state index is 14.1. The molecule has 3 N–H and O–H groups in total. The summed E-state index contributed by atoms with van der Waals surface area (Å²) in [4.78, 5) is 42.1. The summed E-state index contributed by atoms with van der Waals surface area (Å²) in [6, 6.07) is 3.29. The lowest BCUT2D eigenvalue weighted by Gasteiger charge is -2.34. The van der Waals surface area contributed by atoms with E-state index in [9.17, 15) is 18.8 Å². The monoisotopic (exact) mass is 475 g/mol. The molecule has 2 aliphatic heterocycles. The van der Waals surface area contributed by atoms with Gasteiger partial charge in [-0.25, -0.2) is 14.0 Å². The van der Waals surface area contributed by atoms with Crippen LogP contribution in [-0.4, -0.2) is 58.5 Å². The summed E-state index contributed by atoms with van der Waals surface area (Å²) < 4.78 is 14.1. The van der Waals surface area contributed by atoms with Crippen LogP contribution in [0.5, 0.6) is 0 Å². The minimum absolute atomic E-state index is 0.0404. The van der Waals surface area contributed by atoms with E-state index in [1.54, 1.807) is 15.9 Å². The van der Waals surface area contributed by atoms with E-state index in [4.69, 9.17) is 0 Å². The first-order chi connectivity index (χ1) is 15.7. The van der Waals surface area contributed by atoms with E-state index in [1.165, 1.54) is 6.07 Å². The number of hydrogen-bond acceptors (Lipinski definition) is 3. The van der Waals surface area contributed by atoms with E-state index in [2.05, 4.69) is 16.0 Å². The highest BCUT2D eigenvalue weighted by Gasteiger charge is 2.41. The second-order valence-electron chi connectivity index (χ2n) is 11.7. The Hall–Kier alpha value is -2.84. The van der Waals surface area contributed by atoms with Crippen LogP contribution in [0.25, 0.3) is 0 Å². The molecule has 1 aromatic carbocycles. The molecule has 1 fully saturated rings. The number of carbonyl (C=O) groups is 3. The predicted molar refractivity (Wildman–Crippen MR) is 128 cm³/mol. The second-order valence-corrected chi connectivity index (χ2v) is 11.7. The van der Waals surface area contributed by atoms with E-state index in [0.717, 1.165) is 5.56 Å². The first kappa shape index (κ1) is 25.8. The fourth-order valence-electron chi connectivity index (χ4n) is 4.45. The predicted octanol–water partition coefficient (Wildman–Crippen LogP) is 3.21. The molecule has 1 aromatic rings. The van der Waals surface area contributed by atoms with Crippen LogP contribution in [0.2, 0.25) is 0 Å². The molecule has 3 atom stereocenters. The average molecular weight is 476 g/mol. The summed E-state index contributed by atoms with van der Waals surface area (Å²) in [6.07, 6.45) is 0. The maximum Gasteiger partial charge on any atom is 0.318 e. The van der Waals surface area contributed by atoms with Crippen LogP contribution in [-0.2, 0) is 17.9 Å². The van der Waals surface area contributed by atoms with Crippen LogP contribution in [0.15, 0.2) is 18.2 Å². The number of benzene rings is 1. The van der Waals surface area contributed by atoms with Crippen LogP contribution in [0.1, 0.15) is 59.6 Å². The third-order valence-electron chi connectivity index (χ3n) is 6.32. The number of carbonyl (C=O) groups excluding carboxylic acids is 3. The molecule has 0 unspecified atom stereocenters. The summed E-state index contributed by atoms with van der Waals surface area (Å²) in [6.45, 7) is 14.8. The van der Waals surface area contributed by atoms with Gasteiger partial charge in [-0.05, 0) is 43.7 Å². The van der Waals surface area contributed by atoms with Gasteiger partial charge in [0, 0.05) is 30.7 Å². The number of urea groups is 2. The van der Waals surface area contributed by atoms with Gasteiger partial charge in [0.25, 0.3) is 0 Å². The van der Waals surface area contributed by atoms with Crippen molar-refractivity contribution >= 4 is 18.0 Å². The first-order valence-electron chi connectivity index (χ1n) is 11.8. The molecule has 1 saturated heterocycles. The lowest BCUT2D eigenvalue weighted by atomic mass is 9.86. The summed E-state index contributed by atoms with van der Waals surface area (Å²) in [5.41, 5.74) is 0.452. The minimum atomic E-state index is -0.715. The minimum Gasteiger partial charge on any atom is -0.338 e. The molecule has 2 aliphatic rings. The van der Waals surface area contributed by atoms with Crippen molar-refractivity contribution in [2.75, 3.05) is 13.1 Å². The second kappa shape index (κ2) is 9.43. The van der Waals surface area contributed by atoms with Crippen molar-refractivity contribution in [1.82, 2.24) is 25.8 Å². The van der Waals surface area contributed by atoms with Crippen LogP contribution < -0.4 is 16.0 Å². The molecule has 0 bridgehead atoms. The Labute approximate surface area is 201 Å². The molecular formula is C25H38FN5O3. The van der Waals surface area contributed by atoms with E-state index in [-0.39, 0.29) is 36.3 Å². The lowest BCUT2D eigenvalue weighted by Crippen LogP contribution is -2.58. The SMILES string of the molecule is C[C@H]1CN(C(=O)[C@@H](NC(=O)NC(C)(C)C)C(C)(C)C)C[C@@H]1NC(=O)N1Cc2cccc(F)c2C1. The number of hydrogen-bond donors (Lipinski definition) is 3. The Morgan fingerprint density at radius 1 is 1.03 bits per heavy atom. The molecular weight excluding hydrogens is 437 g/mol. The molecule has 0 spiro atoms. The zero-order valence-corrected chi connectivity index (χ0v) is 21.3. The van der Waals surface area contributed by atoms with Gasteiger partial charge in [-0.15, -0.1) is 0 Å². The highest BCUT2D eigenvalue weighted by Crippen LogP contribution is 2.27. The van der Waals surface area contributed by atoms with Crippen molar-refractivity contribution in [2.45, 2.75) is 79.2 Å². The van der Waals surface area contributed by atoms with Crippen molar-refractivity contribution < 1.29 is 18.8 Å². The Morgan fingerprint density at radius 3 is 2.29 bits per heavy atom. The topological polar surface area (TPSA) is 93.8 Å². The standard InChI is InChI=1S/C25H38FN5O3/c1-15-11-30(21(32)20(24(2,3)4)28-22(33)29-25(5,6)7)14-19(15)27-23(34)31-12-16-9-8-10-18(26)17(16)13-31/h8-10,15,19-20H,11-14H2,1-7H3,(H,27,34)(H2,28,29,33)/t15-,19-,20+/m0/s1. The van der Waals surface area contributed by atoms with Gasteiger partial charge in [-0.1, -0.05) is 39.8 Å². The van der Waals surface area contributed by atoms with E-state index >= 15 is 0 Å². The van der Waals surface area contributed by atoms with Crippen molar-refractivity contribution in [2.24, 2.45) is 11.3 Å². The third kappa shape index (κ3) is 5.98. The number of rotatable bonds is 3. The quantitative estimate of drug-likeness (QED) is 0.627. The Kier molecular flexibility index (Phi) is 7.15. The van der Waals surface area contributed by atoms with E-state index in [0.29, 0.717) is 25.2 Å². The summed E-state index contributed by atoms with van der Waals surface area (Å²) in [5, 5.41) is 8.72. The molecule has 0 radical (unpaired) electrons. The highest BCUT2D eigenvalue weighted by atomic mass is 19.1. The summed E-state index contributed by atoms with van der Waals surface area (Å²) in [7, 11) is 0. The van der Waals surface area contributed by atoms with Crippen LogP contribution in [0.3, 0.4) is 0 Å². The number of amides is 5. The van der Waals surface area contributed by atoms with E-state index in [1.807, 2.05) is 54.5 Å². The van der Waals surface area contributed by atoms with Gasteiger partial charge in [0.1, 0.15) is 11.9 Å². The van der Waals surface area contributed by atoms with Crippen molar-refractivity contribution in [1.29, 1.82) is 0 Å². The normalized spacial score (nSPS) is 21.2. The number of fused-ring (bicyclic) bond motifs is 1. The molecule has 0 aliphatic carbocycles. The average Bonchev–Trinajstić information content (AvgIpc) is 3.28. The molecule has 0 aromatic heterocycles. The van der Waals surface area contributed by atoms with Crippen molar-refractivity contribution in [3.8, 4) is 0 Å². The Bertz CT molecular complexity index is 953. The van der Waals surface area contributed by atoms with Gasteiger partial charge in [-0.2, -0.15) is 0 Å². The first-order valence-corrected chi connectivity index (χ1v) is 11.8. The Morgan fingerprint density at radius 2 is 1.71 bits per heavy atom. The molecule has 2 heterocycles. The van der Waals surface area contributed by atoms with Crippen LogP contribution in [0, 0.1) is 17.2 Å². The molecule has 34 heavy (non-hydrogen) atoms. The third-order valence-corrected chi connectivity index (χ3v) is 6.32. The fourth-order valence-corrected chi connectivity index (χ4v) is 4.45. The van der Waals surface area contributed by atoms with Gasteiger partial charge in [-0.3, -0.25) is 4.79 Å². The van der Waals surface area contributed by atoms with Gasteiger partial charge >= 0.3 is 12.1 Å². The smallest absolute Gasteiger partial charge is 0.318 e. The zero-order valence-electron chi connectivity index (χ0n) is 21.3. The van der Waals surface area contributed by atoms with Crippen molar-refractivity contribution in [3.05, 3.63) is 35.1 Å². The summed E-state index contributed by atoms with van der Waals surface area (Å²) >= 11 is 0.